The number of ether oxygens (including phenoxy) is 1. The molecule has 34 heavy (non-hydrogen) atoms. The Bertz CT molecular complexity index is 1390. The average molecular weight is 461 g/mol. The molecule has 4 aromatic rings. The molecule has 0 unspecified atom stereocenters. The fourth-order valence-electron chi connectivity index (χ4n) is 5.58. The van der Waals surface area contributed by atoms with Crippen LogP contribution in [0.1, 0.15) is 38.4 Å². The van der Waals surface area contributed by atoms with Gasteiger partial charge >= 0.3 is 0 Å². The van der Waals surface area contributed by atoms with Gasteiger partial charge in [-0.25, -0.2) is 0 Å². The number of hydrogen-bond donors (Lipinski definition) is 2. The fraction of sp³-hybridized carbons (Fsp3) is 0.458. The first-order chi connectivity index (χ1) is 16.4. The standard InChI is InChI=1S/C24H28N8O2/c1-14-29-30-19-5-4-16(13-32(14)19)18-12-25-21-20(18)22(34-3)28-23(27-21)26-17-10-24(11-17)6-8-31(9-7-24)15(2)33/h4-5,12-13,17H,6-11H2,1-3H3,(H2,25,26,27,28). The fourth-order valence-corrected chi connectivity index (χ4v) is 5.58. The minimum absolute atomic E-state index is 0.180. The maximum atomic E-state index is 11.6. The molecular formula is C24H28N8O2. The number of aromatic nitrogens is 6. The highest BCUT2D eigenvalue weighted by Crippen LogP contribution is 2.50. The second-order valence-corrected chi connectivity index (χ2v) is 9.63. The Hall–Kier alpha value is -3.69. The summed E-state index contributed by atoms with van der Waals surface area (Å²) in [7, 11) is 1.64. The molecule has 1 amide bonds. The molecule has 0 aromatic carbocycles. The van der Waals surface area contributed by atoms with Crippen LogP contribution in [0.3, 0.4) is 0 Å². The number of fused-ring (bicyclic) bond motifs is 2. The van der Waals surface area contributed by atoms with Crippen molar-refractivity contribution in [1.29, 1.82) is 0 Å². The minimum atomic E-state index is 0.180. The lowest BCUT2D eigenvalue weighted by molar-refractivity contribution is -0.132. The zero-order valence-corrected chi connectivity index (χ0v) is 19.6. The summed E-state index contributed by atoms with van der Waals surface area (Å²) in [6, 6.07) is 4.30. The van der Waals surface area contributed by atoms with Crippen molar-refractivity contribution >= 4 is 28.5 Å². The van der Waals surface area contributed by atoms with Gasteiger partial charge < -0.3 is 19.9 Å². The lowest BCUT2D eigenvalue weighted by Gasteiger charge is -2.52. The number of anilines is 1. The molecule has 1 aliphatic carbocycles. The van der Waals surface area contributed by atoms with Gasteiger partial charge in [0.25, 0.3) is 0 Å². The summed E-state index contributed by atoms with van der Waals surface area (Å²) in [6.45, 7) is 5.32. The SMILES string of the molecule is COc1nc(NC2CC3(CCN(C(C)=O)CC3)C2)nc2[nH]cc(-c3ccc4nnc(C)n4c3)c12. The van der Waals surface area contributed by atoms with Gasteiger partial charge in [0.15, 0.2) is 5.65 Å². The van der Waals surface area contributed by atoms with Crippen LogP contribution in [0.2, 0.25) is 0 Å². The van der Waals surface area contributed by atoms with E-state index in [9.17, 15) is 4.79 Å². The molecule has 1 aliphatic heterocycles. The molecule has 176 valence electrons. The van der Waals surface area contributed by atoms with Gasteiger partial charge in [-0.15, -0.1) is 10.2 Å². The molecule has 2 N–H and O–H groups in total. The van der Waals surface area contributed by atoms with Crippen LogP contribution >= 0.6 is 0 Å². The van der Waals surface area contributed by atoms with Crippen molar-refractivity contribution in [3.05, 3.63) is 30.4 Å². The van der Waals surface area contributed by atoms with Crippen molar-refractivity contribution in [3.8, 4) is 17.0 Å². The summed E-state index contributed by atoms with van der Waals surface area (Å²) in [5, 5.41) is 12.7. The van der Waals surface area contributed by atoms with E-state index in [4.69, 9.17) is 9.72 Å². The molecule has 4 aromatic heterocycles. The molecule has 1 saturated carbocycles. The van der Waals surface area contributed by atoms with Crippen molar-refractivity contribution in [2.75, 3.05) is 25.5 Å². The van der Waals surface area contributed by atoms with Crippen molar-refractivity contribution < 1.29 is 9.53 Å². The van der Waals surface area contributed by atoms with Crippen LogP contribution in [0.15, 0.2) is 24.5 Å². The van der Waals surface area contributed by atoms with Crippen LogP contribution in [0.5, 0.6) is 5.88 Å². The molecule has 6 rings (SSSR count). The second-order valence-electron chi connectivity index (χ2n) is 9.63. The van der Waals surface area contributed by atoms with E-state index in [1.807, 2.05) is 40.8 Å². The number of rotatable bonds is 4. The average Bonchev–Trinajstić information content (AvgIpc) is 3.41. The molecule has 0 radical (unpaired) electrons. The van der Waals surface area contributed by atoms with E-state index >= 15 is 0 Å². The normalized spacial score (nSPS) is 17.9. The topological polar surface area (TPSA) is 113 Å². The first-order valence-electron chi connectivity index (χ1n) is 11.7. The lowest BCUT2D eigenvalue weighted by atomic mass is 9.60. The number of aryl methyl sites for hydroxylation is 1. The maximum absolute atomic E-state index is 11.6. The Morgan fingerprint density at radius 3 is 2.74 bits per heavy atom. The highest BCUT2D eigenvalue weighted by molar-refractivity contribution is 5.97. The van der Waals surface area contributed by atoms with E-state index in [1.54, 1.807) is 14.0 Å². The van der Waals surface area contributed by atoms with Crippen LogP contribution in [0.25, 0.3) is 27.8 Å². The molecule has 10 nitrogen and oxygen atoms in total. The highest BCUT2D eigenvalue weighted by atomic mass is 16.5. The monoisotopic (exact) mass is 460 g/mol. The summed E-state index contributed by atoms with van der Waals surface area (Å²) >= 11 is 0. The van der Waals surface area contributed by atoms with Gasteiger partial charge in [0.05, 0.1) is 12.5 Å². The Morgan fingerprint density at radius 1 is 1.21 bits per heavy atom. The van der Waals surface area contributed by atoms with Crippen LogP contribution in [-0.2, 0) is 4.79 Å². The number of pyridine rings is 1. The van der Waals surface area contributed by atoms with E-state index in [2.05, 4.69) is 25.5 Å². The van der Waals surface area contributed by atoms with Gasteiger partial charge in [0.1, 0.15) is 11.5 Å². The Balaban J connectivity index is 1.23. The van der Waals surface area contributed by atoms with E-state index in [0.717, 1.165) is 72.4 Å². The summed E-state index contributed by atoms with van der Waals surface area (Å²) in [5.41, 5.74) is 3.85. The molecule has 2 fully saturated rings. The van der Waals surface area contributed by atoms with Crippen molar-refractivity contribution in [3.63, 3.8) is 0 Å². The van der Waals surface area contributed by atoms with Crippen LogP contribution in [0, 0.1) is 12.3 Å². The van der Waals surface area contributed by atoms with Gasteiger partial charge in [0, 0.05) is 49.6 Å². The summed E-state index contributed by atoms with van der Waals surface area (Å²) in [5.74, 6) is 2.12. The van der Waals surface area contributed by atoms with E-state index < -0.39 is 0 Å². The number of carbonyl (C=O) groups excluding carboxylic acids is 1. The van der Waals surface area contributed by atoms with Crippen molar-refractivity contribution in [2.45, 2.75) is 45.6 Å². The zero-order valence-electron chi connectivity index (χ0n) is 19.6. The van der Waals surface area contributed by atoms with E-state index in [0.29, 0.717) is 23.3 Å². The number of amides is 1. The number of aromatic amines is 1. The van der Waals surface area contributed by atoms with Gasteiger partial charge in [-0.3, -0.25) is 9.20 Å². The Kier molecular flexibility index (Phi) is 4.72. The number of carbonyl (C=O) groups is 1. The van der Waals surface area contributed by atoms with E-state index in [1.165, 1.54) is 0 Å². The summed E-state index contributed by atoms with van der Waals surface area (Å²) < 4.78 is 7.65. The van der Waals surface area contributed by atoms with Crippen LogP contribution in [-0.4, -0.2) is 66.6 Å². The van der Waals surface area contributed by atoms with Crippen molar-refractivity contribution in [1.82, 2.24) is 34.4 Å². The zero-order chi connectivity index (χ0) is 23.4. The molecule has 1 spiro atoms. The predicted octanol–water partition coefficient (Wildman–Crippen LogP) is 3.19. The third-order valence-electron chi connectivity index (χ3n) is 7.54. The van der Waals surface area contributed by atoms with Crippen LogP contribution < -0.4 is 10.1 Å². The Morgan fingerprint density at radius 2 is 2.00 bits per heavy atom. The Labute approximate surface area is 196 Å². The van der Waals surface area contributed by atoms with Gasteiger partial charge in [0.2, 0.25) is 17.7 Å². The third kappa shape index (κ3) is 3.36. The predicted molar refractivity (Wildman–Crippen MR) is 128 cm³/mol. The molecular weight excluding hydrogens is 432 g/mol. The molecule has 5 heterocycles. The first kappa shape index (κ1) is 20.9. The molecule has 2 aliphatic rings. The summed E-state index contributed by atoms with van der Waals surface area (Å²) in [4.78, 5) is 26.3. The third-order valence-corrected chi connectivity index (χ3v) is 7.54. The molecule has 0 bridgehead atoms. The van der Waals surface area contributed by atoms with Crippen LogP contribution in [0.4, 0.5) is 5.95 Å². The van der Waals surface area contributed by atoms with Gasteiger partial charge in [-0.05, 0) is 50.2 Å². The number of likely N-dealkylation sites (tertiary alicyclic amines) is 1. The number of piperidine rings is 1. The number of nitrogens with one attached hydrogen (secondary N) is 2. The number of nitrogens with zero attached hydrogens (tertiary/aromatic N) is 6. The van der Waals surface area contributed by atoms with Gasteiger partial charge in [-0.2, -0.15) is 9.97 Å². The number of hydrogen-bond acceptors (Lipinski definition) is 7. The van der Waals surface area contributed by atoms with E-state index in [-0.39, 0.29) is 5.91 Å². The largest absolute Gasteiger partial charge is 0.480 e. The van der Waals surface area contributed by atoms with Gasteiger partial charge in [-0.1, -0.05) is 0 Å². The first-order valence-corrected chi connectivity index (χ1v) is 11.7. The number of H-pyrrole nitrogens is 1. The quantitative estimate of drug-likeness (QED) is 0.481. The smallest absolute Gasteiger partial charge is 0.228 e. The molecule has 1 saturated heterocycles. The van der Waals surface area contributed by atoms with Crippen molar-refractivity contribution in [2.24, 2.45) is 5.41 Å². The molecule has 0 atom stereocenters. The summed E-state index contributed by atoms with van der Waals surface area (Å²) in [6.07, 6.45) is 8.26. The second kappa shape index (κ2) is 7.68. The minimum Gasteiger partial charge on any atom is -0.480 e. The molecule has 10 heteroatoms. The lowest BCUT2D eigenvalue weighted by Crippen LogP contribution is -2.52. The highest BCUT2D eigenvalue weighted by Gasteiger charge is 2.46. The number of methoxy groups -OCH3 is 1. The maximum Gasteiger partial charge on any atom is 0.228 e.